The third kappa shape index (κ3) is 1.77. The Hall–Kier alpha value is -1.35. The van der Waals surface area contributed by atoms with Gasteiger partial charge in [0.1, 0.15) is 6.10 Å². The Morgan fingerprint density at radius 1 is 1.57 bits per heavy atom. The normalized spacial score (nSPS) is 20.4. The van der Waals surface area contributed by atoms with Gasteiger partial charge in [0.2, 0.25) is 0 Å². The molecule has 1 aliphatic rings. The Kier molecular flexibility index (Phi) is 2.50. The van der Waals surface area contributed by atoms with Crippen LogP contribution in [0.15, 0.2) is 29.3 Å². The van der Waals surface area contributed by atoms with Gasteiger partial charge in [-0.15, -0.1) is 0 Å². The summed E-state index contributed by atoms with van der Waals surface area (Å²) in [6, 6.07) is 8.30. The fourth-order valence-electron chi connectivity index (χ4n) is 1.58. The number of hydrogen-bond acceptors (Lipinski definition) is 3. The lowest BCUT2D eigenvalue weighted by atomic mass is 10.1. The molecule has 1 unspecified atom stereocenters. The first kappa shape index (κ1) is 9.21. The number of nitrogens with zero attached hydrogens (tertiary/aromatic N) is 1. The van der Waals surface area contributed by atoms with E-state index in [4.69, 9.17) is 10.5 Å². The summed E-state index contributed by atoms with van der Waals surface area (Å²) in [6.45, 7) is 3.15. The number of aliphatic imine (C=N–C) groups is 1. The van der Waals surface area contributed by atoms with Crippen LogP contribution in [0.25, 0.3) is 0 Å². The summed E-state index contributed by atoms with van der Waals surface area (Å²) in [5.74, 6) is 0.663. The summed E-state index contributed by atoms with van der Waals surface area (Å²) >= 11 is 0. The van der Waals surface area contributed by atoms with E-state index in [-0.39, 0.29) is 6.10 Å². The molecule has 1 heterocycles. The van der Waals surface area contributed by atoms with E-state index in [0.29, 0.717) is 19.0 Å². The van der Waals surface area contributed by atoms with E-state index in [9.17, 15) is 0 Å². The minimum Gasteiger partial charge on any atom is -0.470 e. The SMILES string of the molecule is Cc1cccc(C2CN=C(CN)O2)c1. The third-order valence-corrected chi connectivity index (χ3v) is 2.30. The van der Waals surface area contributed by atoms with Crippen molar-refractivity contribution in [1.29, 1.82) is 0 Å². The molecule has 0 amide bonds. The van der Waals surface area contributed by atoms with Crippen LogP contribution in [0, 0.1) is 6.92 Å². The highest BCUT2D eigenvalue weighted by molar-refractivity contribution is 5.79. The lowest BCUT2D eigenvalue weighted by Gasteiger charge is -2.11. The van der Waals surface area contributed by atoms with Crippen LogP contribution in [-0.2, 0) is 4.74 Å². The van der Waals surface area contributed by atoms with Crippen molar-refractivity contribution in [1.82, 2.24) is 0 Å². The molecule has 0 fully saturated rings. The highest BCUT2D eigenvalue weighted by Gasteiger charge is 2.20. The molecule has 0 bridgehead atoms. The van der Waals surface area contributed by atoms with Crippen molar-refractivity contribution in [2.45, 2.75) is 13.0 Å². The van der Waals surface area contributed by atoms with Gasteiger partial charge in [-0.3, -0.25) is 4.99 Å². The van der Waals surface area contributed by atoms with Gasteiger partial charge in [-0.05, 0) is 12.5 Å². The molecule has 1 aromatic rings. The maximum atomic E-state index is 5.58. The van der Waals surface area contributed by atoms with E-state index in [1.165, 1.54) is 11.1 Å². The number of aryl methyl sites for hydroxylation is 1. The number of nitrogens with two attached hydrogens (primary N) is 1. The smallest absolute Gasteiger partial charge is 0.198 e. The van der Waals surface area contributed by atoms with Gasteiger partial charge in [0.25, 0.3) is 0 Å². The van der Waals surface area contributed by atoms with Crippen LogP contribution in [-0.4, -0.2) is 19.0 Å². The van der Waals surface area contributed by atoms with Crippen molar-refractivity contribution in [2.24, 2.45) is 10.7 Å². The van der Waals surface area contributed by atoms with Crippen LogP contribution in [0.5, 0.6) is 0 Å². The van der Waals surface area contributed by atoms with Crippen LogP contribution in [0.4, 0.5) is 0 Å². The Bertz CT molecular complexity index is 360. The molecule has 0 aromatic heterocycles. The fourth-order valence-corrected chi connectivity index (χ4v) is 1.58. The molecule has 1 aliphatic heterocycles. The van der Waals surface area contributed by atoms with Gasteiger partial charge in [0.05, 0.1) is 13.1 Å². The Labute approximate surface area is 83.6 Å². The summed E-state index contributed by atoms with van der Waals surface area (Å²) in [7, 11) is 0. The monoisotopic (exact) mass is 190 g/mol. The maximum absolute atomic E-state index is 5.58. The van der Waals surface area contributed by atoms with E-state index < -0.39 is 0 Å². The molecule has 3 heteroatoms. The fraction of sp³-hybridized carbons (Fsp3) is 0.364. The van der Waals surface area contributed by atoms with Crippen molar-refractivity contribution in [3.8, 4) is 0 Å². The highest BCUT2D eigenvalue weighted by Crippen LogP contribution is 2.23. The molecule has 0 saturated carbocycles. The Balaban J connectivity index is 2.12. The predicted octanol–water partition coefficient (Wildman–Crippen LogP) is 1.42. The maximum Gasteiger partial charge on any atom is 0.198 e. The molecule has 0 saturated heterocycles. The van der Waals surface area contributed by atoms with Gasteiger partial charge in [0.15, 0.2) is 5.90 Å². The first-order valence-corrected chi connectivity index (χ1v) is 4.76. The molecule has 2 rings (SSSR count). The molecule has 0 aliphatic carbocycles. The molecule has 2 N–H and O–H groups in total. The molecule has 1 atom stereocenters. The van der Waals surface area contributed by atoms with E-state index in [1.54, 1.807) is 0 Å². The highest BCUT2D eigenvalue weighted by atomic mass is 16.5. The van der Waals surface area contributed by atoms with E-state index in [2.05, 4.69) is 30.1 Å². The predicted molar refractivity (Wildman–Crippen MR) is 56.4 cm³/mol. The van der Waals surface area contributed by atoms with Crippen molar-refractivity contribution >= 4 is 5.90 Å². The van der Waals surface area contributed by atoms with Crippen molar-refractivity contribution < 1.29 is 4.74 Å². The van der Waals surface area contributed by atoms with Gasteiger partial charge in [0, 0.05) is 0 Å². The van der Waals surface area contributed by atoms with Crippen molar-refractivity contribution in [3.63, 3.8) is 0 Å². The van der Waals surface area contributed by atoms with E-state index >= 15 is 0 Å². The minimum atomic E-state index is 0.0634. The van der Waals surface area contributed by atoms with Crippen LogP contribution in [0.2, 0.25) is 0 Å². The van der Waals surface area contributed by atoms with Crippen LogP contribution < -0.4 is 5.73 Å². The van der Waals surface area contributed by atoms with Crippen LogP contribution >= 0.6 is 0 Å². The van der Waals surface area contributed by atoms with Gasteiger partial charge in [-0.25, -0.2) is 0 Å². The van der Waals surface area contributed by atoms with Gasteiger partial charge in [-0.1, -0.05) is 29.8 Å². The van der Waals surface area contributed by atoms with E-state index in [1.807, 2.05) is 6.07 Å². The molecule has 0 spiro atoms. The number of rotatable bonds is 2. The lowest BCUT2D eigenvalue weighted by Crippen LogP contribution is -2.15. The molecular weight excluding hydrogens is 176 g/mol. The summed E-state index contributed by atoms with van der Waals surface area (Å²) in [5, 5.41) is 0. The average Bonchev–Trinajstić information content (AvgIpc) is 2.66. The molecular formula is C11H14N2O. The second-order valence-corrected chi connectivity index (χ2v) is 3.46. The Morgan fingerprint density at radius 3 is 3.07 bits per heavy atom. The first-order chi connectivity index (χ1) is 6.79. The number of benzene rings is 1. The summed E-state index contributed by atoms with van der Waals surface area (Å²) < 4.78 is 5.58. The largest absolute Gasteiger partial charge is 0.470 e. The third-order valence-electron chi connectivity index (χ3n) is 2.30. The molecule has 3 nitrogen and oxygen atoms in total. The summed E-state index contributed by atoms with van der Waals surface area (Å²) in [5.41, 5.74) is 7.87. The zero-order chi connectivity index (χ0) is 9.97. The van der Waals surface area contributed by atoms with Gasteiger partial charge < -0.3 is 10.5 Å². The van der Waals surface area contributed by atoms with Crippen molar-refractivity contribution in [2.75, 3.05) is 13.1 Å². The summed E-state index contributed by atoms with van der Waals surface area (Å²) in [4.78, 5) is 4.21. The summed E-state index contributed by atoms with van der Waals surface area (Å²) in [6.07, 6.45) is 0.0634. The van der Waals surface area contributed by atoms with Gasteiger partial charge >= 0.3 is 0 Å². The molecule has 14 heavy (non-hydrogen) atoms. The second-order valence-electron chi connectivity index (χ2n) is 3.46. The van der Waals surface area contributed by atoms with E-state index in [0.717, 1.165) is 0 Å². The van der Waals surface area contributed by atoms with Crippen LogP contribution in [0.3, 0.4) is 0 Å². The molecule has 74 valence electrons. The van der Waals surface area contributed by atoms with Crippen molar-refractivity contribution in [3.05, 3.63) is 35.4 Å². The zero-order valence-electron chi connectivity index (χ0n) is 8.23. The average molecular weight is 190 g/mol. The van der Waals surface area contributed by atoms with Crippen LogP contribution in [0.1, 0.15) is 17.2 Å². The zero-order valence-corrected chi connectivity index (χ0v) is 8.23. The topological polar surface area (TPSA) is 47.6 Å². The molecule has 1 aromatic carbocycles. The lowest BCUT2D eigenvalue weighted by molar-refractivity contribution is 0.226. The molecule has 0 radical (unpaired) electrons. The first-order valence-electron chi connectivity index (χ1n) is 4.76. The Morgan fingerprint density at radius 2 is 2.43 bits per heavy atom. The second kappa shape index (κ2) is 3.80. The quantitative estimate of drug-likeness (QED) is 0.766. The number of ether oxygens (including phenoxy) is 1. The minimum absolute atomic E-state index is 0.0634. The standard InChI is InChI=1S/C11H14N2O/c1-8-3-2-4-9(5-8)10-7-13-11(6-12)14-10/h2-5,10H,6-7,12H2,1H3. The number of hydrogen-bond donors (Lipinski definition) is 1. The van der Waals surface area contributed by atoms with Gasteiger partial charge in [-0.2, -0.15) is 0 Å².